The van der Waals surface area contributed by atoms with E-state index in [9.17, 15) is 4.91 Å². The quantitative estimate of drug-likeness (QED) is 0.295. The number of thiazole rings is 1. The van der Waals surface area contributed by atoms with Crippen LogP contribution in [0.15, 0.2) is 71.9 Å². The molecule has 3 aromatic carbocycles. The monoisotopic (exact) mass is 372 g/mol. The highest BCUT2D eigenvalue weighted by molar-refractivity contribution is 7.21. The molecular formula is C22H16N2O2S. The molecule has 0 fully saturated rings. The Morgan fingerprint density at radius 3 is 2.22 bits per heavy atom. The third-order valence-corrected chi connectivity index (χ3v) is 5.29. The Morgan fingerprint density at radius 1 is 0.926 bits per heavy atom. The van der Waals surface area contributed by atoms with Crippen molar-refractivity contribution in [1.29, 1.82) is 0 Å². The highest BCUT2D eigenvalue weighted by atomic mass is 32.1. The van der Waals surface area contributed by atoms with Crippen LogP contribution in [0, 0.1) is 4.91 Å². The Bertz CT molecular complexity index is 1110. The van der Waals surface area contributed by atoms with E-state index in [1.165, 1.54) is 0 Å². The fourth-order valence-electron chi connectivity index (χ4n) is 2.73. The second kappa shape index (κ2) is 7.51. The first-order valence-corrected chi connectivity index (χ1v) is 9.23. The number of nitrogens with zero attached hydrogens (tertiary/aromatic N) is 2. The number of ether oxygens (including phenoxy) is 1. The van der Waals surface area contributed by atoms with Crippen LogP contribution in [0.1, 0.15) is 11.1 Å². The van der Waals surface area contributed by atoms with Crippen LogP contribution in [-0.2, 0) is 0 Å². The zero-order chi connectivity index (χ0) is 18.6. The summed E-state index contributed by atoms with van der Waals surface area (Å²) in [6.45, 7) is 0. The second-order valence-electron chi connectivity index (χ2n) is 5.99. The van der Waals surface area contributed by atoms with Gasteiger partial charge in [0.05, 0.1) is 17.3 Å². The molecular weight excluding hydrogens is 356 g/mol. The van der Waals surface area contributed by atoms with Gasteiger partial charge in [-0.05, 0) is 46.6 Å². The standard InChI is InChI=1S/C22H16N2O2S/c1-26-19-12-13-20-21(14-19)27-22(23-20)17-8-4-15(5-9-17)2-3-16-6-10-18(24-25)11-7-16/h2-14H,1H3/b3-2+. The van der Waals surface area contributed by atoms with E-state index in [0.717, 1.165) is 37.7 Å². The Kier molecular flexibility index (Phi) is 4.77. The number of methoxy groups -OCH3 is 1. The molecule has 0 radical (unpaired) electrons. The van der Waals surface area contributed by atoms with Crippen molar-refractivity contribution in [3.8, 4) is 16.3 Å². The first-order valence-electron chi connectivity index (χ1n) is 8.42. The molecule has 0 amide bonds. The Balaban J connectivity index is 1.54. The zero-order valence-electron chi connectivity index (χ0n) is 14.6. The van der Waals surface area contributed by atoms with Gasteiger partial charge in [0.25, 0.3) is 0 Å². The zero-order valence-corrected chi connectivity index (χ0v) is 15.4. The number of fused-ring (bicyclic) bond motifs is 1. The van der Waals surface area contributed by atoms with Crippen molar-refractivity contribution >= 4 is 39.4 Å². The van der Waals surface area contributed by atoms with Gasteiger partial charge < -0.3 is 4.74 Å². The number of rotatable bonds is 5. The topological polar surface area (TPSA) is 51.6 Å². The lowest BCUT2D eigenvalue weighted by Crippen LogP contribution is -1.80. The van der Waals surface area contributed by atoms with E-state index in [1.54, 1.807) is 30.6 Å². The van der Waals surface area contributed by atoms with Gasteiger partial charge in [-0.25, -0.2) is 4.98 Å². The molecule has 132 valence electrons. The van der Waals surface area contributed by atoms with Gasteiger partial charge in [-0.2, -0.15) is 0 Å². The molecule has 0 N–H and O–H groups in total. The third-order valence-electron chi connectivity index (χ3n) is 4.22. The van der Waals surface area contributed by atoms with E-state index < -0.39 is 0 Å². The molecule has 0 spiro atoms. The SMILES string of the molecule is COc1ccc2nc(-c3ccc(/C=C/c4ccc(N=O)cc4)cc3)sc2c1. The fourth-order valence-corrected chi connectivity index (χ4v) is 3.73. The lowest BCUT2D eigenvalue weighted by molar-refractivity contribution is 0.415. The normalized spacial score (nSPS) is 11.1. The summed E-state index contributed by atoms with van der Waals surface area (Å²) < 4.78 is 6.39. The first-order chi connectivity index (χ1) is 13.2. The van der Waals surface area contributed by atoms with Crippen molar-refractivity contribution in [2.75, 3.05) is 7.11 Å². The van der Waals surface area contributed by atoms with Crippen LogP contribution in [0.3, 0.4) is 0 Å². The predicted molar refractivity (Wildman–Crippen MR) is 112 cm³/mol. The van der Waals surface area contributed by atoms with E-state index in [4.69, 9.17) is 9.72 Å². The maximum atomic E-state index is 10.5. The molecule has 4 rings (SSSR count). The number of aromatic nitrogens is 1. The van der Waals surface area contributed by atoms with Crippen LogP contribution < -0.4 is 4.74 Å². The van der Waals surface area contributed by atoms with Crippen molar-refractivity contribution in [2.24, 2.45) is 5.18 Å². The largest absolute Gasteiger partial charge is 0.497 e. The molecule has 27 heavy (non-hydrogen) atoms. The van der Waals surface area contributed by atoms with E-state index in [-0.39, 0.29) is 0 Å². The molecule has 1 aromatic heterocycles. The van der Waals surface area contributed by atoms with Crippen LogP contribution in [0.2, 0.25) is 0 Å². The lowest BCUT2D eigenvalue weighted by atomic mass is 10.1. The van der Waals surface area contributed by atoms with Crippen LogP contribution in [0.4, 0.5) is 5.69 Å². The number of hydrogen-bond donors (Lipinski definition) is 0. The molecule has 1 heterocycles. The number of benzene rings is 3. The van der Waals surface area contributed by atoms with Crippen molar-refractivity contribution in [3.05, 3.63) is 82.8 Å². The Labute approximate surface area is 160 Å². The van der Waals surface area contributed by atoms with Crippen LogP contribution in [0.5, 0.6) is 5.75 Å². The fraction of sp³-hybridized carbons (Fsp3) is 0.0455. The van der Waals surface area contributed by atoms with Gasteiger partial charge >= 0.3 is 0 Å². The van der Waals surface area contributed by atoms with Crippen molar-refractivity contribution in [3.63, 3.8) is 0 Å². The van der Waals surface area contributed by atoms with E-state index in [0.29, 0.717) is 5.69 Å². The summed E-state index contributed by atoms with van der Waals surface area (Å²) in [5.41, 5.74) is 4.62. The molecule has 4 nitrogen and oxygen atoms in total. The summed E-state index contributed by atoms with van der Waals surface area (Å²) in [4.78, 5) is 15.2. The number of nitroso groups, excluding NO2 is 1. The minimum Gasteiger partial charge on any atom is -0.497 e. The van der Waals surface area contributed by atoms with Gasteiger partial charge in [-0.1, -0.05) is 48.6 Å². The molecule has 5 heteroatoms. The minimum atomic E-state index is 0.435. The molecule has 0 unspecified atom stereocenters. The van der Waals surface area contributed by atoms with Gasteiger partial charge in [0.15, 0.2) is 0 Å². The summed E-state index contributed by atoms with van der Waals surface area (Å²) in [5.74, 6) is 0.843. The highest BCUT2D eigenvalue weighted by Crippen LogP contribution is 2.32. The molecule has 0 aliphatic rings. The summed E-state index contributed by atoms with van der Waals surface area (Å²) in [6.07, 6.45) is 4.05. The second-order valence-corrected chi connectivity index (χ2v) is 7.02. The summed E-state index contributed by atoms with van der Waals surface area (Å²) in [6, 6.07) is 21.4. The average molecular weight is 372 g/mol. The van der Waals surface area contributed by atoms with E-state index in [2.05, 4.69) is 29.4 Å². The van der Waals surface area contributed by atoms with Crippen molar-refractivity contribution in [1.82, 2.24) is 4.98 Å². The smallest absolute Gasteiger partial charge is 0.124 e. The van der Waals surface area contributed by atoms with E-state index >= 15 is 0 Å². The maximum Gasteiger partial charge on any atom is 0.124 e. The molecule has 0 saturated carbocycles. The van der Waals surface area contributed by atoms with Gasteiger partial charge in [0, 0.05) is 5.56 Å². The van der Waals surface area contributed by atoms with Crippen LogP contribution >= 0.6 is 11.3 Å². The Morgan fingerprint density at radius 2 is 1.59 bits per heavy atom. The molecule has 0 bridgehead atoms. The summed E-state index contributed by atoms with van der Waals surface area (Å²) >= 11 is 1.66. The molecule has 0 aliphatic carbocycles. The van der Waals surface area contributed by atoms with Gasteiger partial charge in [-0.15, -0.1) is 16.2 Å². The summed E-state index contributed by atoms with van der Waals surface area (Å²) in [7, 11) is 1.67. The van der Waals surface area contributed by atoms with Gasteiger partial charge in [0.1, 0.15) is 16.4 Å². The van der Waals surface area contributed by atoms with E-state index in [1.807, 2.05) is 42.5 Å². The van der Waals surface area contributed by atoms with Gasteiger partial charge in [-0.3, -0.25) is 0 Å². The molecule has 0 saturated heterocycles. The molecule has 0 aliphatic heterocycles. The summed E-state index contributed by atoms with van der Waals surface area (Å²) in [5, 5.41) is 3.90. The predicted octanol–water partition coefficient (Wildman–Crippen LogP) is 6.54. The van der Waals surface area contributed by atoms with Crippen LogP contribution in [0.25, 0.3) is 32.9 Å². The van der Waals surface area contributed by atoms with Crippen molar-refractivity contribution in [2.45, 2.75) is 0 Å². The van der Waals surface area contributed by atoms with Gasteiger partial charge in [0.2, 0.25) is 0 Å². The van der Waals surface area contributed by atoms with Crippen LogP contribution in [-0.4, -0.2) is 12.1 Å². The minimum absolute atomic E-state index is 0.435. The first kappa shape index (κ1) is 17.1. The number of hydrogen-bond acceptors (Lipinski definition) is 5. The molecule has 0 atom stereocenters. The third kappa shape index (κ3) is 3.78. The highest BCUT2D eigenvalue weighted by Gasteiger charge is 2.07. The van der Waals surface area contributed by atoms with Crippen molar-refractivity contribution < 1.29 is 4.74 Å². The maximum absolute atomic E-state index is 10.5. The Hall–Kier alpha value is -3.31. The lowest BCUT2D eigenvalue weighted by Gasteiger charge is -1.98. The average Bonchev–Trinajstić information content (AvgIpc) is 3.16. The molecule has 4 aromatic rings.